The number of fused-ring (bicyclic) bond motifs is 1. The number of aromatic nitrogens is 1. The van der Waals surface area contributed by atoms with E-state index in [2.05, 4.69) is 10.3 Å². The Hall–Kier alpha value is -2.73. The summed E-state index contributed by atoms with van der Waals surface area (Å²) >= 11 is 0. The predicted octanol–water partition coefficient (Wildman–Crippen LogP) is 1.91. The van der Waals surface area contributed by atoms with Gasteiger partial charge in [0.2, 0.25) is 0 Å². The molecule has 0 aliphatic carbocycles. The molecular formula is C21H23N3O3. The summed E-state index contributed by atoms with van der Waals surface area (Å²) < 4.78 is 5.91. The average Bonchev–Trinajstić information content (AvgIpc) is 3.27. The summed E-state index contributed by atoms with van der Waals surface area (Å²) in [6.07, 6.45) is 3.25. The molecule has 2 fully saturated rings. The van der Waals surface area contributed by atoms with Crippen molar-refractivity contribution in [2.75, 3.05) is 26.2 Å². The lowest BCUT2D eigenvalue weighted by atomic mass is 9.93. The highest BCUT2D eigenvalue weighted by Crippen LogP contribution is 2.34. The van der Waals surface area contributed by atoms with Gasteiger partial charge in [0.15, 0.2) is 0 Å². The Morgan fingerprint density at radius 1 is 1.22 bits per heavy atom. The second-order valence-corrected chi connectivity index (χ2v) is 7.33. The van der Waals surface area contributed by atoms with Crippen LogP contribution in [-0.2, 0) is 4.74 Å². The van der Waals surface area contributed by atoms with Crippen molar-refractivity contribution < 1.29 is 14.3 Å². The van der Waals surface area contributed by atoms with Gasteiger partial charge < -0.3 is 15.0 Å². The summed E-state index contributed by atoms with van der Waals surface area (Å²) in [6.45, 7) is 4.44. The van der Waals surface area contributed by atoms with Crippen LogP contribution in [0.25, 0.3) is 0 Å². The van der Waals surface area contributed by atoms with E-state index in [-0.39, 0.29) is 29.8 Å². The smallest absolute Gasteiger partial charge is 0.253 e. The minimum Gasteiger partial charge on any atom is -0.376 e. The summed E-state index contributed by atoms with van der Waals surface area (Å²) in [5.41, 5.74) is 2.35. The van der Waals surface area contributed by atoms with E-state index >= 15 is 0 Å². The van der Waals surface area contributed by atoms with Crippen LogP contribution in [0.3, 0.4) is 0 Å². The lowest BCUT2D eigenvalue weighted by Gasteiger charge is -2.20. The first-order chi connectivity index (χ1) is 13.1. The van der Waals surface area contributed by atoms with E-state index in [1.54, 1.807) is 24.5 Å². The zero-order valence-electron chi connectivity index (χ0n) is 15.3. The normalized spacial score (nSPS) is 23.9. The summed E-state index contributed by atoms with van der Waals surface area (Å²) in [4.78, 5) is 30.9. The van der Waals surface area contributed by atoms with Crippen molar-refractivity contribution in [3.8, 4) is 0 Å². The molecule has 3 atom stereocenters. The quantitative estimate of drug-likeness (QED) is 0.898. The molecule has 2 saturated heterocycles. The van der Waals surface area contributed by atoms with Crippen molar-refractivity contribution in [3.63, 3.8) is 0 Å². The van der Waals surface area contributed by atoms with Gasteiger partial charge in [0.05, 0.1) is 18.3 Å². The Balaban J connectivity index is 1.36. The molecule has 0 radical (unpaired) electrons. The summed E-state index contributed by atoms with van der Waals surface area (Å²) in [7, 11) is 0. The van der Waals surface area contributed by atoms with Gasteiger partial charge in [0, 0.05) is 49.4 Å². The molecular weight excluding hydrogens is 342 g/mol. The highest BCUT2D eigenvalue weighted by atomic mass is 16.5. The van der Waals surface area contributed by atoms with E-state index in [0.29, 0.717) is 31.8 Å². The number of amides is 2. The van der Waals surface area contributed by atoms with Gasteiger partial charge in [-0.2, -0.15) is 0 Å². The number of benzene rings is 1. The van der Waals surface area contributed by atoms with E-state index < -0.39 is 0 Å². The molecule has 27 heavy (non-hydrogen) atoms. The number of nitrogens with one attached hydrogen (secondary N) is 1. The Labute approximate surface area is 158 Å². The molecule has 1 aromatic heterocycles. The third-order valence-electron chi connectivity index (χ3n) is 5.44. The summed E-state index contributed by atoms with van der Waals surface area (Å²) in [6, 6.07) is 11.2. The molecule has 1 aromatic carbocycles. The lowest BCUT2D eigenvalue weighted by Crippen LogP contribution is -2.35. The average molecular weight is 365 g/mol. The standard InChI is InChI=1S/C21H23N3O3/c1-14-4-2-5-15(8-14)21(26)24-11-18-17(13-27-19(18)12-24)10-23-20(25)16-6-3-7-22-9-16/h2-9,17-19H,10-13H2,1H3,(H,23,25)/t17-,18-,19-/m1/s1. The maximum absolute atomic E-state index is 12.8. The first kappa shape index (κ1) is 17.7. The number of aryl methyl sites for hydroxylation is 1. The van der Waals surface area contributed by atoms with Gasteiger partial charge in [-0.1, -0.05) is 17.7 Å². The maximum atomic E-state index is 12.8. The molecule has 4 rings (SSSR count). The summed E-state index contributed by atoms with van der Waals surface area (Å²) in [5, 5.41) is 2.97. The second kappa shape index (κ2) is 7.48. The molecule has 6 nitrogen and oxygen atoms in total. The molecule has 3 heterocycles. The number of pyridine rings is 1. The summed E-state index contributed by atoms with van der Waals surface area (Å²) in [5.74, 6) is 0.394. The number of carbonyl (C=O) groups excluding carboxylic acids is 2. The third-order valence-corrected chi connectivity index (χ3v) is 5.44. The van der Waals surface area contributed by atoms with Gasteiger partial charge in [-0.15, -0.1) is 0 Å². The number of ether oxygens (including phenoxy) is 1. The predicted molar refractivity (Wildman–Crippen MR) is 100 cm³/mol. The van der Waals surface area contributed by atoms with Crippen molar-refractivity contribution in [2.24, 2.45) is 11.8 Å². The van der Waals surface area contributed by atoms with Crippen LogP contribution in [0, 0.1) is 18.8 Å². The van der Waals surface area contributed by atoms with Crippen LogP contribution in [0.5, 0.6) is 0 Å². The van der Waals surface area contributed by atoms with E-state index in [9.17, 15) is 9.59 Å². The fourth-order valence-corrected chi connectivity index (χ4v) is 3.96. The number of hydrogen-bond acceptors (Lipinski definition) is 4. The fourth-order valence-electron chi connectivity index (χ4n) is 3.96. The van der Waals surface area contributed by atoms with Gasteiger partial charge in [-0.25, -0.2) is 0 Å². The van der Waals surface area contributed by atoms with Crippen LogP contribution >= 0.6 is 0 Å². The fraction of sp³-hybridized carbons (Fsp3) is 0.381. The van der Waals surface area contributed by atoms with E-state index in [0.717, 1.165) is 11.1 Å². The minimum atomic E-state index is -0.128. The molecule has 6 heteroatoms. The van der Waals surface area contributed by atoms with E-state index in [1.165, 1.54) is 0 Å². The third kappa shape index (κ3) is 3.71. The number of likely N-dealkylation sites (tertiary alicyclic amines) is 1. The van der Waals surface area contributed by atoms with E-state index in [4.69, 9.17) is 4.74 Å². The number of hydrogen-bond donors (Lipinski definition) is 1. The van der Waals surface area contributed by atoms with Gasteiger partial charge in [0.25, 0.3) is 11.8 Å². The zero-order chi connectivity index (χ0) is 18.8. The van der Waals surface area contributed by atoms with Gasteiger partial charge in [0.1, 0.15) is 0 Å². The van der Waals surface area contributed by atoms with Gasteiger partial charge >= 0.3 is 0 Å². The number of nitrogens with zero attached hydrogens (tertiary/aromatic N) is 2. The second-order valence-electron chi connectivity index (χ2n) is 7.33. The molecule has 2 aliphatic rings. The van der Waals surface area contributed by atoms with Crippen LogP contribution in [-0.4, -0.2) is 54.0 Å². The molecule has 2 aliphatic heterocycles. The Kier molecular flexibility index (Phi) is 4.90. The van der Waals surface area contributed by atoms with Crippen molar-refractivity contribution in [1.29, 1.82) is 0 Å². The molecule has 0 spiro atoms. The number of carbonyl (C=O) groups is 2. The zero-order valence-corrected chi connectivity index (χ0v) is 15.3. The minimum absolute atomic E-state index is 0.0508. The monoisotopic (exact) mass is 365 g/mol. The molecule has 0 bridgehead atoms. The lowest BCUT2D eigenvalue weighted by molar-refractivity contribution is 0.0674. The Morgan fingerprint density at radius 2 is 2.07 bits per heavy atom. The van der Waals surface area contributed by atoms with Crippen molar-refractivity contribution in [2.45, 2.75) is 13.0 Å². The first-order valence-corrected chi connectivity index (χ1v) is 9.27. The van der Waals surface area contributed by atoms with Crippen LogP contribution in [0.1, 0.15) is 26.3 Å². The Bertz CT molecular complexity index is 840. The van der Waals surface area contributed by atoms with Gasteiger partial charge in [-0.3, -0.25) is 14.6 Å². The first-order valence-electron chi connectivity index (χ1n) is 9.27. The van der Waals surface area contributed by atoms with Crippen LogP contribution < -0.4 is 5.32 Å². The molecule has 0 unspecified atom stereocenters. The van der Waals surface area contributed by atoms with Crippen LogP contribution in [0.4, 0.5) is 0 Å². The van der Waals surface area contributed by atoms with Crippen molar-refractivity contribution in [3.05, 3.63) is 65.5 Å². The Morgan fingerprint density at radius 3 is 2.85 bits per heavy atom. The molecule has 2 aromatic rings. The SMILES string of the molecule is Cc1cccc(C(=O)N2C[C@@H]3[C@H](CNC(=O)c4cccnc4)CO[C@@H]3C2)c1. The highest BCUT2D eigenvalue weighted by molar-refractivity contribution is 5.95. The molecule has 0 saturated carbocycles. The largest absolute Gasteiger partial charge is 0.376 e. The molecule has 1 N–H and O–H groups in total. The molecule has 2 amide bonds. The van der Waals surface area contributed by atoms with Crippen LogP contribution in [0.2, 0.25) is 0 Å². The maximum Gasteiger partial charge on any atom is 0.253 e. The van der Waals surface area contributed by atoms with Crippen LogP contribution in [0.15, 0.2) is 48.8 Å². The van der Waals surface area contributed by atoms with Gasteiger partial charge in [-0.05, 0) is 31.2 Å². The number of rotatable bonds is 4. The molecule has 140 valence electrons. The van der Waals surface area contributed by atoms with Crippen molar-refractivity contribution in [1.82, 2.24) is 15.2 Å². The van der Waals surface area contributed by atoms with E-state index in [1.807, 2.05) is 36.1 Å². The topological polar surface area (TPSA) is 71.5 Å². The highest BCUT2D eigenvalue weighted by Gasteiger charge is 2.45. The van der Waals surface area contributed by atoms with Crippen molar-refractivity contribution >= 4 is 11.8 Å².